The number of benzene rings is 2. The van der Waals surface area contributed by atoms with Gasteiger partial charge in [-0.25, -0.2) is 0 Å². The van der Waals surface area contributed by atoms with Crippen molar-refractivity contribution in [3.05, 3.63) is 64.2 Å². The van der Waals surface area contributed by atoms with E-state index in [4.69, 9.17) is 11.6 Å². The zero-order valence-corrected chi connectivity index (χ0v) is 17.1. The van der Waals surface area contributed by atoms with Crippen molar-refractivity contribution in [3.8, 4) is 0 Å². The first kappa shape index (κ1) is 19.9. The second kappa shape index (κ2) is 8.87. The number of para-hydroxylation sites is 1. The van der Waals surface area contributed by atoms with Gasteiger partial charge in [0.25, 0.3) is 0 Å². The number of hydrogen-bond donors (Lipinski definition) is 1. The molecular weight excluding hydrogens is 358 g/mol. The standard InChI is InChI=1S/C22H28ClN3O/c1-16-7-6-8-17(2)22(16)24-21(27)15-25-11-13-26(14-12-25)18(3)19-9-4-5-10-20(19)23/h4-10,18H,11-15H2,1-3H3,(H,24,27). The van der Waals surface area contributed by atoms with Gasteiger partial charge in [-0.3, -0.25) is 14.6 Å². The van der Waals surface area contributed by atoms with Crippen molar-refractivity contribution in [3.63, 3.8) is 0 Å². The summed E-state index contributed by atoms with van der Waals surface area (Å²) in [4.78, 5) is 17.1. The number of carbonyl (C=O) groups is 1. The quantitative estimate of drug-likeness (QED) is 0.834. The lowest BCUT2D eigenvalue weighted by Crippen LogP contribution is -2.49. The highest BCUT2D eigenvalue weighted by Crippen LogP contribution is 2.27. The number of amides is 1. The first-order valence-electron chi connectivity index (χ1n) is 9.52. The maximum absolute atomic E-state index is 12.5. The van der Waals surface area contributed by atoms with Crippen molar-refractivity contribution < 1.29 is 4.79 Å². The van der Waals surface area contributed by atoms with Crippen molar-refractivity contribution in [1.29, 1.82) is 0 Å². The van der Waals surface area contributed by atoms with Crippen LogP contribution < -0.4 is 5.32 Å². The van der Waals surface area contributed by atoms with Crippen LogP contribution in [0.15, 0.2) is 42.5 Å². The Morgan fingerprint density at radius 1 is 1.04 bits per heavy atom. The third-order valence-electron chi connectivity index (χ3n) is 5.42. The molecule has 0 bridgehead atoms. The van der Waals surface area contributed by atoms with Gasteiger partial charge in [0.15, 0.2) is 0 Å². The minimum absolute atomic E-state index is 0.0556. The number of anilines is 1. The molecule has 0 spiro atoms. The van der Waals surface area contributed by atoms with Gasteiger partial charge in [-0.1, -0.05) is 48.0 Å². The molecule has 27 heavy (non-hydrogen) atoms. The fourth-order valence-corrected chi connectivity index (χ4v) is 4.01. The van der Waals surface area contributed by atoms with E-state index in [1.54, 1.807) is 0 Å². The SMILES string of the molecule is Cc1cccc(C)c1NC(=O)CN1CCN(C(C)c2ccccc2Cl)CC1. The maximum Gasteiger partial charge on any atom is 0.238 e. The van der Waals surface area contributed by atoms with Gasteiger partial charge in [-0.05, 0) is 43.5 Å². The zero-order chi connectivity index (χ0) is 19.4. The fourth-order valence-electron chi connectivity index (χ4n) is 3.71. The van der Waals surface area contributed by atoms with Gasteiger partial charge in [-0.2, -0.15) is 0 Å². The predicted octanol–water partition coefficient (Wildman–Crippen LogP) is 4.27. The maximum atomic E-state index is 12.5. The number of rotatable bonds is 5. The number of aryl methyl sites for hydroxylation is 2. The van der Waals surface area contributed by atoms with Crippen LogP contribution in [0.3, 0.4) is 0 Å². The van der Waals surface area contributed by atoms with E-state index in [2.05, 4.69) is 28.1 Å². The summed E-state index contributed by atoms with van der Waals surface area (Å²) in [6.45, 7) is 10.3. The van der Waals surface area contributed by atoms with E-state index in [-0.39, 0.29) is 11.9 Å². The molecule has 4 nitrogen and oxygen atoms in total. The summed E-state index contributed by atoms with van der Waals surface area (Å²) < 4.78 is 0. The molecule has 2 aromatic carbocycles. The van der Waals surface area contributed by atoms with Gasteiger partial charge in [0.2, 0.25) is 5.91 Å². The summed E-state index contributed by atoms with van der Waals surface area (Å²) in [5.74, 6) is 0.0556. The Balaban J connectivity index is 1.52. The Hall–Kier alpha value is -1.88. The summed E-state index contributed by atoms with van der Waals surface area (Å²) in [6.07, 6.45) is 0. The first-order chi connectivity index (χ1) is 13.0. The van der Waals surface area contributed by atoms with Crippen LogP contribution in [0.4, 0.5) is 5.69 Å². The highest BCUT2D eigenvalue weighted by atomic mass is 35.5. The fraction of sp³-hybridized carbons (Fsp3) is 0.409. The smallest absolute Gasteiger partial charge is 0.238 e. The monoisotopic (exact) mass is 385 g/mol. The van der Waals surface area contributed by atoms with Crippen molar-refractivity contribution >= 4 is 23.2 Å². The van der Waals surface area contributed by atoms with Gasteiger partial charge in [0, 0.05) is 42.9 Å². The normalized spacial score (nSPS) is 16.9. The van der Waals surface area contributed by atoms with Gasteiger partial charge in [0.05, 0.1) is 6.54 Å². The summed E-state index contributed by atoms with van der Waals surface area (Å²) >= 11 is 6.35. The summed E-state index contributed by atoms with van der Waals surface area (Å²) in [5.41, 5.74) is 4.30. The summed E-state index contributed by atoms with van der Waals surface area (Å²) in [7, 11) is 0. The molecule has 0 saturated carbocycles. The molecule has 1 aliphatic rings. The van der Waals surface area contributed by atoms with Crippen molar-refractivity contribution in [1.82, 2.24) is 9.80 Å². The molecule has 5 heteroatoms. The van der Waals surface area contributed by atoms with E-state index in [0.29, 0.717) is 6.54 Å². The highest BCUT2D eigenvalue weighted by Gasteiger charge is 2.24. The molecule has 1 amide bonds. The van der Waals surface area contributed by atoms with Crippen LogP contribution in [0.1, 0.15) is 29.7 Å². The molecular formula is C22H28ClN3O. The molecule has 1 N–H and O–H groups in total. The van der Waals surface area contributed by atoms with Gasteiger partial charge in [0.1, 0.15) is 0 Å². The minimum Gasteiger partial charge on any atom is -0.324 e. The first-order valence-corrected chi connectivity index (χ1v) is 9.90. The largest absolute Gasteiger partial charge is 0.324 e. The highest BCUT2D eigenvalue weighted by molar-refractivity contribution is 6.31. The van der Waals surface area contributed by atoms with Gasteiger partial charge < -0.3 is 5.32 Å². The number of piperazine rings is 1. The lowest BCUT2D eigenvalue weighted by atomic mass is 10.1. The number of nitrogens with zero attached hydrogens (tertiary/aromatic N) is 2. The van der Waals surface area contributed by atoms with E-state index < -0.39 is 0 Å². The van der Waals surface area contributed by atoms with Crippen molar-refractivity contribution in [2.75, 3.05) is 38.0 Å². The second-order valence-electron chi connectivity index (χ2n) is 7.32. The molecule has 144 valence electrons. The number of halogens is 1. The van der Waals surface area contributed by atoms with Crippen LogP contribution >= 0.6 is 11.6 Å². The number of hydrogen-bond acceptors (Lipinski definition) is 3. The molecule has 0 aliphatic carbocycles. The number of nitrogens with one attached hydrogen (secondary N) is 1. The topological polar surface area (TPSA) is 35.6 Å². The zero-order valence-electron chi connectivity index (χ0n) is 16.3. The van der Waals surface area contributed by atoms with E-state index in [9.17, 15) is 4.79 Å². The predicted molar refractivity (Wildman–Crippen MR) is 112 cm³/mol. The Morgan fingerprint density at radius 2 is 1.67 bits per heavy atom. The van der Waals surface area contributed by atoms with E-state index in [1.807, 2.05) is 50.2 Å². The molecule has 1 aliphatic heterocycles. The molecule has 2 aromatic rings. The minimum atomic E-state index is 0.0556. The van der Waals surface area contributed by atoms with Crippen molar-refractivity contribution in [2.45, 2.75) is 26.8 Å². The molecule has 1 unspecified atom stereocenters. The number of carbonyl (C=O) groups excluding carboxylic acids is 1. The third-order valence-corrected chi connectivity index (χ3v) is 5.77. The van der Waals surface area contributed by atoms with Crippen LogP contribution in [-0.4, -0.2) is 48.4 Å². The Kier molecular flexibility index (Phi) is 6.53. The van der Waals surface area contributed by atoms with Crippen LogP contribution in [-0.2, 0) is 4.79 Å². The Labute approximate surface area is 167 Å². The molecule has 3 rings (SSSR count). The van der Waals surface area contributed by atoms with Crippen LogP contribution in [0.5, 0.6) is 0 Å². The van der Waals surface area contributed by atoms with E-state index >= 15 is 0 Å². The molecule has 1 fully saturated rings. The third kappa shape index (κ3) is 4.89. The van der Waals surface area contributed by atoms with Crippen LogP contribution in [0, 0.1) is 13.8 Å². The second-order valence-corrected chi connectivity index (χ2v) is 7.73. The summed E-state index contributed by atoms with van der Waals surface area (Å²) in [5, 5.41) is 3.90. The molecule has 0 radical (unpaired) electrons. The van der Waals surface area contributed by atoms with Crippen LogP contribution in [0.25, 0.3) is 0 Å². The van der Waals surface area contributed by atoms with Gasteiger partial charge >= 0.3 is 0 Å². The summed E-state index contributed by atoms with van der Waals surface area (Å²) in [6, 6.07) is 14.4. The van der Waals surface area contributed by atoms with Gasteiger partial charge in [-0.15, -0.1) is 0 Å². The average Bonchev–Trinajstić information content (AvgIpc) is 2.65. The van der Waals surface area contributed by atoms with Crippen molar-refractivity contribution in [2.24, 2.45) is 0 Å². The lowest BCUT2D eigenvalue weighted by Gasteiger charge is -2.38. The van der Waals surface area contributed by atoms with E-state index in [0.717, 1.165) is 48.0 Å². The Morgan fingerprint density at radius 3 is 2.30 bits per heavy atom. The average molecular weight is 386 g/mol. The molecule has 1 atom stereocenters. The molecule has 1 saturated heterocycles. The molecule has 0 aromatic heterocycles. The molecule has 1 heterocycles. The Bertz CT molecular complexity index is 780. The lowest BCUT2D eigenvalue weighted by molar-refractivity contribution is -0.117. The van der Waals surface area contributed by atoms with E-state index in [1.165, 1.54) is 5.56 Å². The van der Waals surface area contributed by atoms with Crippen LogP contribution in [0.2, 0.25) is 5.02 Å².